The number of anilines is 1. The van der Waals surface area contributed by atoms with Gasteiger partial charge in [-0.15, -0.1) is 11.3 Å². The van der Waals surface area contributed by atoms with E-state index in [2.05, 4.69) is 10.3 Å². The molecule has 1 heterocycles. The molecular formula is C26H27N3O3S. The molecule has 1 amide bonds. The van der Waals surface area contributed by atoms with Crippen molar-refractivity contribution in [3.8, 4) is 0 Å². The lowest BCUT2D eigenvalue weighted by Crippen LogP contribution is -2.14. The van der Waals surface area contributed by atoms with E-state index in [9.17, 15) is 14.9 Å². The largest absolute Gasteiger partial charge is 0.322 e. The summed E-state index contributed by atoms with van der Waals surface area (Å²) in [4.78, 5) is 30.0. The summed E-state index contributed by atoms with van der Waals surface area (Å²) in [6.45, 7) is 4.07. The maximum absolute atomic E-state index is 13.4. The molecule has 1 aliphatic rings. The van der Waals surface area contributed by atoms with E-state index in [4.69, 9.17) is 0 Å². The zero-order chi connectivity index (χ0) is 23.4. The number of nitro benzene ring substituents is 1. The third-order valence-corrected chi connectivity index (χ3v) is 7.26. The van der Waals surface area contributed by atoms with E-state index in [-0.39, 0.29) is 11.6 Å². The van der Waals surface area contributed by atoms with Crippen molar-refractivity contribution in [2.24, 2.45) is 4.99 Å². The van der Waals surface area contributed by atoms with E-state index >= 15 is 0 Å². The molecule has 3 aromatic rings. The van der Waals surface area contributed by atoms with Crippen LogP contribution in [0.3, 0.4) is 0 Å². The number of benzene rings is 2. The fourth-order valence-electron chi connectivity index (χ4n) is 4.09. The Morgan fingerprint density at radius 3 is 2.61 bits per heavy atom. The molecule has 1 aliphatic carbocycles. The Kier molecular flexibility index (Phi) is 6.99. The van der Waals surface area contributed by atoms with E-state index in [0.29, 0.717) is 16.1 Å². The second-order valence-electron chi connectivity index (χ2n) is 8.46. The molecule has 1 aromatic heterocycles. The maximum atomic E-state index is 13.4. The smallest absolute Gasteiger partial charge is 0.270 e. The summed E-state index contributed by atoms with van der Waals surface area (Å²) in [5, 5.41) is 14.8. The maximum Gasteiger partial charge on any atom is 0.270 e. The summed E-state index contributed by atoms with van der Waals surface area (Å²) in [6, 6.07) is 12.3. The number of rotatable bonds is 5. The highest BCUT2D eigenvalue weighted by Gasteiger charge is 2.24. The number of non-ortho nitro benzene ring substituents is 1. The van der Waals surface area contributed by atoms with Crippen LogP contribution in [0.5, 0.6) is 0 Å². The number of fused-ring (bicyclic) bond motifs is 1. The third-order valence-electron chi connectivity index (χ3n) is 6.06. The summed E-state index contributed by atoms with van der Waals surface area (Å²) in [5.41, 5.74) is 5.45. The molecule has 0 atom stereocenters. The summed E-state index contributed by atoms with van der Waals surface area (Å²) in [5.74, 6) is -0.150. The number of nitro groups is 1. The first-order chi connectivity index (χ1) is 15.9. The zero-order valence-electron chi connectivity index (χ0n) is 18.9. The van der Waals surface area contributed by atoms with Crippen LogP contribution in [0, 0.1) is 24.0 Å². The Hall–Kier alpha value is -3.32. The molecule has 33 heavy (non-hydrogen) atoms. The van der Waals surface area contributed by atoms with Gasteiger partial charge < -0.3 is 5.32 Å². The first-order valence-electron chi connectivity index (χ1n) is 11.2. The average molecular weight is 462 g/mol. The highest BCUT2D eigenvalue weighted by Crippen LogP contribution is 2.39. The number of thiophene rings is 1. The molecule has 7 heteroatoms. The van der Waals surface area contributed by atoms with Gasteiger partial charge in [0.2, 0.25) is 0 Å². The number of amides is 1. The minimum atomic E-state index is -0.420. The van der Waals surface area contributed by atoms with Gasteiger partial charge in [0.05, 0.1) is 10.5 Å². The van der Waals surface area contributed by atoms with Crippen molar-refractivity contribution < 1.29 is 9.72 Å². The van der Waals surface area contributed by atoms with Crippen LogP contribution < -0.4 is 5.32 Å². The zero-order valence-corrected chi connectivity index (χ0v) is 19.7. The summed E-state index contributed by atoms with van der Waals surface area (Å²) < 4.78 is 0. The Morgan fingerprint density at radius 1 is 1.06 bits per heavy atom. The van der Waals surface area contributed by atoms with Gasteiger partial charge in [0.15, 0.2) is 0 Å². The molecule has 1 N–H and O–H groups in total. The van der Waals surface area contributed by atoms with Crippen molar-refractivity contribution in [3.63, 3.8) is 0 Å². The van der Waals surface area contributed by atoms with Crippen molar-refractivity contribution in [3.05, 3.63) is 85.3 Å². The topological polar surface area (TPSA) is 84.6 Å². The molecule has 4 rings (SSSR count). The lowest BCUT2D eigenvalue weighted by molar-refractivity contribution is -0.384. The third kappa shape index (κ3) is 5.37. The molecule has 0 saturated heterocycles. The van der Waals surface area contributed by atoms with Gasteiger partial charge in [-0.1, -0.05) is 31.0 Å². The fraction of sp³-hybridized carbons (Fsp3) is 0.308. The van der Waals surface area contributed by atoms with Crippen LogP contribution in [0.15, 0.2) is 47.5 Å². The predicted molar refractivity (Wildman–Crippen MR) is 134 cm³/mol. The normalized spacial score (nSPS) is 13.9. The van der Waals surface area contributed by atoms with Crippen molar-refractivity contribution in [2.45, 2.75) is 52.4 Å². The van der Waals surface area contributed by atoms with Crippen LogP contribution in [0.2, 0.25) is 0 Å². The second kappa shape index (κ2) is 10.1. The van der Waals surface area contributed by atoms with Gasteiger partial charge in [-0.25, -0.2) is 4.99 Å². The number of nitrogens with zero attached hydrogens (tertiary/aromatic N) is 2. The Morgan fingerprint density at radius 2 is 1.85 bits per heavy atom. The number of carbonyl (C=O) groups excluding carboxylic acids is 1. The van der Waals surface area contributed by atoms with Crippen molar-refractivity contribution in [1.29, 1.82) is 0 Å². The van der Waals surface area contributed by atoms with Gasteiger partial charge in [0, 0.05) is 28.9 Å². The standard InChI is InChI=1S/C26H27N3O3S/c1-17-12-13-20(14-18(17)2)28-25(30)24-22-10-5-3-4-6-11-23(22)33-26(24)27-16-19-8-7-9-21(15-19)29(31)32/h7-9,12-16H,3-6,10-11H2,1-2H3,(H,28,30). The van der Waals surface area contributed by atoms with Gasteiger partial charge in [-0.05, 0) is 73.9 Å². The molecular weight excluding hydrogens is 434 g/mol. The van der Waals surface area contributed by atoms with Gasteiger partial charge in [0.25, 0.3) is 11.6 Å². The van der Waals surface area contributed by atoms with E-state index in [1.54, 1.807) is 29.7 Å². The van der Waals surface area contributed by atoms with E-state index in [1.807, 2.05) is 32.0 Å². The van der Waals surface area contributed by atoms with Crippen molar-refractivity contribution >= 4 is 39.8 Å². The molecule has 6 nitrogen and oxygen atoms in total. The van der Waals surface area contributed by atoms with Gasteiger partial charge >= 0.3 is 0 Å². The highest BCUT2D eigenvalue weighted by atomic mass is 32.1. The lowest BCUT2D eigenvalue weighted by Gasteiger charge is -2.12. The molecule has 0 fully saturated rings. The van der Waals surface area contributed by atoms with Gasteiger partial charge in [-0.2, -0.15) is 0 Å². The van der Waals surface area contributed by atoms with Crippen molar-refractivity contribution in [1.82, 2.24) is 0 Å². The van der Waals surface area contributed by atoms with Crippen molar-refractivity contribution in [2.75, 3.05) is 5.32 Å². The van der Waals surface area contributed by atoms with Crippen LogP contribution >= 0.6 is 11.3 Å². The predicted octanol–water partition coefficient (Wildman–Crippen LogP) is 6.94. The molecule has 0 aliphatic heterocycles. The number of hydrogen-bond donors (Lipinski definition) is 1. The Bertz CT molecular complexity index is 1230. The molecule has 0 saturated carbocycles. The van der Waals surface area contributed by atoms with Gasteiger partial charge in [0.1, 0.15) is 5.00 Å². The molecule has 0 radical (unpaired) electrons. The van der Waals surface area contributed by atoms with E-state index < -0.39 is 4.92 Å². The molecule has 0 spiro atoms. The Labute approximate surface area is 197 Å². The summed E-state index contributed by atoms with van der Waals surface area (Å²) in [6.07, 6.45) is 7.97. The molecule has 0 unspecified atom stereocenters. The second-order valence-corrected chi connectivity index (χ2v) is 9.55. The first kappa shape index (κ1) is 22.9. The number of aryl methyl sites for hydroxylation is 3. The summed E-state index contributed by atoms with van der Waals surface area (Å²) in [7, 11) is 0. The van der Waals surface area contributed by atoms with E-state index in [1.165, 1.54) is 35.4 Å². The lowest BCUT2D eigenvalue weighted by atomic mass is 9.96. The minimum absolute atomic E-state index is 0.0186. The Balaban J connectivity index is 1.70. The highest BCUT2D eigenvalue weighted by molar-refractivity contribution is 7.16. The number of nitrogens with one attached hydrogen (secondary N) is 1. The number of hydrogen-bond acceptors (Lipinski definition) is 5. The quantitative estimate of drug-likeness (QED) is 0.254. The SMILES string of the molecule is Cc1ccc(NC(=O)c2c(N=Cc3cccc([N+](=O)[O-])c3)sc3c2CCCCCC3)cc1C. The van der Waals surface area contributed by atoms with Crippen LogP contribution in [-0.4, -0.2) is 17.0 Å². The van der Waals surface area contributed by atoms with Crippen LogP contribution in [-0.2, 0) is 12.8 Å². The fourth-order valence-corrected chi connectivity index (χ4v) is 5.33. The molecule has 0 bridgehead atoms. The monoisotopic (exact) mass is 461 g/mol. The van der Waals surface area contributed by atoms with E-state index in [0.717, 1.165) is 42.5 Å². The van der Waals surface area contributed by atoms with Gasteiger partial charge in [-0.3, -0.25) is 14.9 Å². The first-order valence-corrected chi connectivity index (χ1v) is 12.1. The van der Waals surface area contributed by atoms with Crippen LogP contribution in [0.25, 0.3) is 0 Å². The summed E-state index contributed by atoms with van der Waals surface area (Å²) >= 11 is 1.57. The minimum Gasteiger partial charge on any atom is -0.322 e. The number of aliphatic imine (C=N–C) groups is 1. The van der Waals surface area contributed by atoms with Crippen LogP contribution in [0.1, 0.15) is 63.2 Å². The molecule has 2 aromatic carbocycles. The molecule has 170 valence electrons. The number of carbonyl (C=O) groups is 1. The average Bonchev–Trinajstić information content (AvgIpc) is 3.11. The van der Waals surface area contributed by atoms with Crippen LogP contribution in [0.4, 0.5) is 16.4 Å².